The zero-order valence-corrected chi connectivity index (χ0v) is 17.0. The largest absolute Gasteiger partial charge is 0.487 e. The molecule has 158 valence electrons. The van der Waals surface area contributed by atoms with Gasteiger partial charge in [-0.25, -0.2) is 4.98 Å². The average molecular weight is 418 g/mol. The van der Waals surface area contributed by atoms with E-state index >= 15 is 0 Å². The Bertz CT molecular complexity index is 1350. The van der Waals surface area contributed by atoms with Crippen molar-refractivity contribution in [2.45, 2.75) is 38.5 Å². The summed E-state index contributed by atoms with van der Waals surface area (Å²) in [7, 11) is 0. The van der Waals surface area contributed by atoms with Gasteiger partial charge in [0, 0.05) is 17.3 Å². The average Bonchev–Trinajstić information content (AvgIpc) is 3.39. The number of carbonyl (C=O) groups is 1. The number of nitrogens with zero attached hydrogens (tertiary/aromatic N) is 3. The lowest BCUT2D eigenvalue weighted by Crippen LogP contribution is -2.37. The summed E-state index contributed by atoms with van der Waals surface area (Å²) in [5.74, 6) is 1.51. The molecule has 1 aliphatic carbocycles. The van der Waals surface area contributed by atoms with Crippen molar-refractivity contribution >= 4 is 39.7 Å². The molecule has 0 spiro atoms. The number of hydrogen-bond donors (Lipinski definition) is 3. The summed E-state index contributed by atoms with van der Waals surface area (Å²) in [5.41, 5.74) is 16.1. The SMILES string of the molecule is C[C@@H]1Cn2c(-c3ccc4oc(N)nc4c3)nc3cc(N[C@H](C(N)=O)C4CC4)cc(c32)O1. The minimum Gasteiger partial charge on any atom is -0.487 e. The van der Waals surface area contributed by atoms with E-state index in [0.717, 1.165) is 46.7 Å². The third-order valence-electron chi connectivity index (χ3n) is 5.96. The van der Waals surface area contributed by atoms with Gasteiger partial charge in [0.25, 0.3) is 6.01 Å². The zero-order chi connectivity index (χ0) is 21.3. The Morgan fingerprint density at radius 3 is 2.84 bits per heavy atom. The first-order chi connectivity index (χ1) is 15.0. The van der Waals surface area contributed by atoms with Gasteiger partial charge < -0.3 is 30.5 Å². The Balaban J connectivity index is 1.48. The van der Waals surface area contributed by atoms with E-state index in [1.807, 2.05) is 37.3 Å². The Morgan fingerprint density at radius 1 is 1.23 bits per heavy atom. The molecule has 0 saturated heterocycles. The van der Waals surface area contributed by atoms with Crippen molar-refractivity contribution in [3.63, 3.8) is 0 Å². The van der Waals surface area contributed by atoms with E-state index in [2.05, 4.69) is 14.9 Å². The van der Waals surface area contributed by atoms with Crippen LogP contribution in [0.5, 0.6) is 5.75 Å². The van der Waals surface area contributed by atoms with Crippen LogP contribution in [0.2, 0.25) is 0 Å². The number of nitrogen functional groups attached to an aromatic ring is 1. The van der Waals surface area contributed by atoms with Crippen molar-refractivity contribution in [2.24, 2.45) is 11.7 Å². The van der Waals surface area contributed by atoms with E-state index in [1.54, 1.807) is 0 Å². The first-order valence-corrected chi connectivity index (χ1v) is 10.4. The van der Waals surface area contributed by atoms with E-state index in [-0.39, 0.29) is 24.1 Å². The summed E-state index contributed by atoms with van der Waals surface area (Å²) < 4.78 is 13.7. The first-order valence-electron chi connectivity index (χ1n) is 10.4. The number of nitrogens with one attached hydrogen (secondary N) is 1. The van der Waals surface area contributed by atoms with Crippen molar-refractivity contribution in [3.8, 4) is 17.1 Å². The van der Waals surface area contributed by atoms with E-state index in [4.69, 9.17) is 25.6 Å². The Morgan fingerprint density at radius 2 is 2.06 bits per heavy atom. The van der Waals surface area contributed by atoms with Crippen LogP contribution in [0.25, 0.3) is 33.5 Å². The van der Waals surface area contributed by atoms with Crippen LogP contribution in [0.15, 0.2) is 34.7 Å². The summed E-state index contributed by atoms with van der Waals surface area (Å²) >= 11 is 0. The normalized spacial score (nSPS) is 18.8. The van der Waals surface area contributed by atoms with Gasteiger partial charge in [0.1, 0.15) is 34.8 Å². The molecule has 0 radical (unpaired) electrons. The van der Waals surface area contributed by atoms with E-state index in [9.17, 15) is 4.79 Å². The number of ether oxygens (including phenoxy) is 1. The molecule has 2 aliphatic rings. The first kappa shape index (κ1) is 18.1. The summed E-state index contributed by atoms with van der Waals surface area (Å²) in [6.07, 6.45) is 1.99. The highest BCUT2D eigenvalue weighted by Crippen LogP contribution is 2.40. The lowest BCUT2D eigenvalue weighted by atomic mass is 10.1. The molecule has 3 heterocycles. The van der Waals surface area contributed by atoms with Crippen molar-refractivity contribution in [1.82, 2.24) is 14.5 Å². The van der Waals surface area contributed by atoms with Crippen LogP contribution in [0.1, 0.15) is 19.8 Å². The number of fused-ring (bicyclic) bond motifs is 1. The molecule has 9 heteroatoms. The van der Waals surface area contributed by atoms with Crippen LogP contribution in [-0.2, 0) is 11.3 Å². The lowest BCUT2D eigenvalue weighted by Gasteiger charge is -2.25. The monoisotopic (exact) mass is 418 g/mol. The van der Waals surface area contributed by atoms with E-state index in [0.29, 0.717) is 23.6 Å². The molecule has 1 fully saturated rings. The van der Waals surface area contributed by atoms with Crippen LogP contribution in [0.4, 0.5) is 11.7 Å². The number of benzene rings is 2. The maximum Gasteiger partial charge on any atom is 0.292 e. The van der Waals surface area contributed by atoms with Gasteiger partial charge in [0.05, 0.1) is 12.1 Å². The Kier molecular flexibility index (Phi) is 3.71. The molecule has 2 aromatic carbocycles. The number of aromatic nitrogens is 3. The van der Waals surface area contributed by atoms with Crippen LogP contribution in [-0.4, -0.2) is 32.6 Å². The Labute approximate surface area is 177 Å². The molecular weight excluding hydrogens is 396 g/mol. The fraction of sp³-hybridized carbons (Fsp3) is 0.318. The molecule has 1 aliphatic heterocycles. The number of nitrogens with two attached hydrogens (primary N) is 2. The number of oxazole rings is 1. The summed E-state index contributed by atoms with van der Waals surface area (Å²) in [6.45, 7) is 2.70. The molecule has 0 unspecified atom stereocenters. The summed E-state index contributed by atoms with van der Waals surface area (Å²) in [4.78, 5) is 21.1. The number of imidazole rings is 1. The predicted molar refractivity (Wildman–Crippen MR) is 117 cm³/mol. The maximum absolute atomic E-state index is 11.9. The van der Waals surface area contributed by atoms with Gasteiger partial charge in [0.2, 0.25) is 5.91 Å². The summed E-state index contributed by atoms with van der Waals surface area (Å²) in [5, 5.41) is 3.30. The standard InChI is InChI=1S/C22H22N6O3/c1-10-9-28-19-15(26-21(28)12-4-5-16-14(6-12)27-22(24)31-16)7-13(8-17(19)30-10)25-18(20(23)29)11-2-3-11/h4-8,10-11,18,25H,2-3,9H2,1H3,(H2,23,29)(H2,24,27)/t10-,18+/m1/s1. The number of rotatable bonds is 5. The third-order valence-corrected chi connectivity index (χ3v) is 5.96. The molecule has 9 nitrogen and oxygen atoms in total. The molecule has 1 amide bonds. The second kappa shape index (κ2) is 6.37. The second-order valence-corrected chi connectivity index (χ2v) is 8.41. The quantitative estimate of drug-likeness (QED) is 0.454. The third kappa shape index (κ3) is 2.96. The van der Waals surface area contributed by atoms with Gasteiger partial charge in [0.15, 0.2) is 5.58 Å². The molecule has 5 N–H and O–H groups in total. The van der Waals surface area contributed by atoms with Crippen molar-refractivity contribution in [2.75, 3.05) is 11.1 Å². The molecular formula is C22H22N6O3. The second-order valence-electron chi connectivity index (χ2n) is 8.41. The van der Waals surface area contributed by atoms with Gasteiger partial charge in [-0.3, -0.25) is 4.79 Å². The number of anilines is 2. The molecule has 6 rings (SSSR count). The number of primary amides is 1. The highest BCUT2D eigenvalue weighted by atomic mass is 16.5. The fourth-order valence-corrected chi connectivity index (χ4v) is 4.43. The van der Waals surface area contributed by atoms with Gasteiger partial charge in [-0.2, -0.15) is 4.98 Å². The fourth-order valence-electron chi connectivity index (χ4n) is 4.43. The highest BCUT2D eigenvalue weighted by molar-refractivity contribution is 5.92. The van der Waals surface area contributed by atoms with Crippen molar-refractivity contribution < 1.29 is 13.9 Å². The van der Waals surface area contributed by atoms with Crippen LogP contribution >= 0.6 is 0 Å². The van der Waals surface area contributed by atoms with Crippen molar-refractivity contribution in [1.29, 1.82) is 0 Å². The zero-order valence-electron chi connectivity index (χ0n) is 17.0. The molecule has 2 atom stereocenters. The minimum atomic E-state index is -0.382. The maximum atomic E-state index is 11.9. The topological polar surface area (TPSA) is 134 Å². The minimum absolute atomic E-state index is 0.0271. The molecule has 1 saturated carbocycles. The number of amides is 1. The van der Waals surface area contributed by atoms with Crippen LogP contribution in [0, 0.1) is 5.92 Å². The van der Waals surface area contributed by atoms with Gasteiger partial charge in [-0.1, -0.05) is 0 Å². The van der Waals surface area contributed by atoms with E-state index < -0.39 is 0 Å². The van der Waals surface area contributed by atoms with Crippen LogP contribution in [0.3, 0.4) is 0 Å². The van der Waals surface area contributed by atoms with Gasteiger partial charge in [-0.15, -0.1) is 0 Å². The Hall–Kier alpha value is -3.75. The van der Waals surface area contributed by atoms with Gasteiger partial charge >= 0.3 is 0 Å². The lowest BCUT2D eigenvalue weighted by molar-refractivity contribution is -0.119. The smallest absolute Gasteiger partial charge is 0.292 e. The van der Waals surface area contributed by atoms with Crippen LogP contribution < -0.4 is 21.5 Å². The highest BCUT2D eigenvalue weighted by Gasteiger charge is 2.35. The van der Waals surface area contributed by atoms with E-state index in [1.165, 1.54) is 0 Å². The molecule has 31 heavy (non-hydrogen) atoms. The molecule has 4 aromatic rings. The van der Waals surface area contributed by atoms with Gasteiger partial charge in [-0.05, 0) is 49.9 Å². The number of hydrogen-bond acceptors (Lipinski definition) is 7. The van der Waals surface area contributed by atoms with Crippen molar-refractivity contribution in [3.05, 3.63) is 30.3 Å². The predicted octanol–water partition coefficient (Wildman–Crippen LogP) is 2.88. The summed E-state index contributed by atoms with van der Waals surface area (Å²) in [6, 6.07) is 9.36. The number of carbonyl (C=O) groups excluding carboxylic acids is 1. The molecule has 0 bridgehead atoms. The molecule has 2 aromatic heterocycles.